The van der Waals surface area contributed by atoms with Crippen molar-refractivity contribution < 1.29 is 0 Å². The van der Waals surface area contributed by atoms with E-state index in [0.717, 1.165) is 26.2 Å². The number of benzene rings is 1. The molecule has 96 valence electrons. The Kier molecular flexibility index (Phi) is 3.35. The van der Waals surface area contributed by atoms with Crippen molar-refractivity contribution in [3.05, 3.63) is 45.2 Å². The molecule has 2 heterocycles. The summed E-state index contributed by atoms with van der Waals surface area (Å²) in [6.45, 7) is 0. The van der Waals surface area contributed by atoms with Crippen LogP contribution in [0.4, 0.5) is 5.82 Å². The number of hydrogen-bond acceptors (Lipinski definition) is 3. The normalized spacial score (nSPS) is 10.8. The highest BCUT2D eigenvalue weighted by molar-refractivity contribution is 9.10. The van der Waals surface area contributed by atoms with Crippen LogP contribution in [0.15, 0.2) is 40.2 Å². The second-order valence-electron chi connectivity index (χ2n) is 3.94. The zero-order chi connectivity index (χ0) is 13.4. The highest BCUT2D eigenvalue weighted by Crippen LogP contribution is 2.41. The molecular formula is C13H9BrClN3S. The molecule has 0 spiro atoms. The molecule has 0 saturated heterocycles. The average Bonchev–Trinajstić information content (AvgIpc) is 3.02. The topological polar surface area (TPSA) is 54.7 Å². The van der Waals surface area contributed by atoms with Gasteiger partial charge in [-0.05, 0) is 33.4 Å². The van der Waals surface area contributed by atoms with Gasteiger partial charge in [0, 0.05) is 14.9 Å². The molecule has 3 rings (SSSR count). The number of halogens is 2. The lowest BCUT2D eigenvalue weighted by molar-refractivity contribution is 1.10. The SMILES string of the molecule is Nc1n[nH]c(-c2cccc(Br)c2Cl)c1-c1cccs1. The number of nitrogens with zero attached hydrogens (tertiary/aromatic N) is 1. The number of hydrogen-bond donors (Lipinski definition) is 2. The first-order valence-corrected chi connectivity index (χ1v) is 7.55. The Morgan fingerprint density at radius 1 is 1.26 bits per heavy atom. The molecule has 0 aliphatic heterocycles. The Bertz CT molecular complexity index is 722. The standard InChI is InChI=1S/C13H9BrClN3S/c14-8-4-1-3-7(11(8)15)12-10(13(16)18-17-12)9-5-2-6-19-9/h1-6H,(H3,16,17,18). The molecule has 0 unspecified atom stereocenters. The second kappa shape index (κ2) is 5.00. The Morgan fingerprint density at radius 2 is 2.11 bits per heavy atom. The molecule has 0 radical (unpaired) electrons. The highest BCUT2D eigenvalue weighted by atomic mass is 79.9. The zero-order valence-corrected chi connectivity index (χ0v) is 12.8. The van der Waals surface area contributed by atoms with Crippen LogP contribution < -0.4 is 5.73 Å². The van der Waals surface area contributed by atoms with Gasteiger partial charge in [-0.3, -0.25) is 5.10 Å². The van der Waals surface area contributed by atoms with Crippen LogP contribution in [0.25, 0.3) is 21.7 Å². The largest absolute Gasteiger partial charge is 0.382 e. The lowest BCUT2D eigenvalue weighted by Crippen LogP contribution is -1.87. The van der Waals surface area contributed by atoms with Gasteiger partial charge in [-0.2, -0.15) is 5.10 Å². The summed E-state index contributed by atoms with van der Waals surface area (Å²) in [7, 11) is 0. The Balaban J connectivity index is 2.25. The van der Waals surface area contributed by atoms with Crippen molar-refractivity contribution in [3.8, 4) is 21.7 Å². The van der Waals surface area contributed by atoms with Gasteiger partial charge in [-0.25, -0.2) is 0 Å². The van der Waals surface area contributed by atoms with Gasteiger partial charge >= 0.3 is 0 Å². The number of thiophene rings is 1. The van der Waals surface area contributed by atoms with E-state index in [1.165, 1.54) is 0 Å². The van der Waals surface area contributed by atoms with Crippen LogP contribution in [0, 0.1) is 0 Å². The molecule has 0 aliphatic carbocycles. The van der Waals surface area contributed by atoms with E-state index in [1.807, 2.05) is 35.7 Å². The highest BCUT2D eigenvalue weighted by Gasteiger charge is 2.18. The maximum Gasteiger partial charge on any atom is 0.154 e. The van der Waals surface area contributed by atoms with Gasteiger partial charge < -0.3 is 5.73 Å². The molecule has 3 N–H and O–H groups in total. The molecule has 3 aromatic rings. The molecule has 2 aromatic heterocycles. The molecular weight excluding hydrogens is 346 g/mol. The first kappa shape index (κ1) is 12.7. The Labute approximate surface area is 127 Å². The van der Waals surface area contributed by atoms with Gasteiger partial charge in [0.05, 0.1) is 16.3 Å². The van der Waals surface area contributed by atoms with Gasteiger partial charge in [-0.1, -0.05) is 29.8 Å². The first-order chi connectivity index (χ1) is 9.18. The van der Waals surface area contributed by atoms with E-state index in [9.17, 15) is 0 Å². The maximum absolute atomic E-state index is 6.34. The van der Waals surface area contributed by atoms with Crippen molar-refractivity contribution in [3.63, 3.8) is 0 Å². The van der Waals surface area contributed by atoms with Crippen LogP contribution in [0.3, 0.4) is 0 Å². The Morgan fingerprint density at radius 3 is 2.84 bits per heavy atom. The number of nitrogens with two attached hydrogens (primary N) is 1. The van der Waals surface area contributed by atoms with Crippen LogP contribution in [-0.4, -0.2) is 10.2 Å². The number of H-pyrrole nitrogens is 1. The van der Waals surface area contributed by atoms with Crippen molar-refractivity contribution in [2.45, 2.75) is 0 Å². The number of rotatable bonds is 2. The summed E-state index contributed by atoms with van der Waals surface area (Å²) in [5.74, 6) is 0.480. The number of nitrogen functional groups attached to an aromatic ring is 1. The van der Waals surface area contributed by atoms with Crippen LogP contribution in [0.2, 0.25) is 5.02 Å². The summed E-state index contributed by atoms with van der Waals surface area (Å²) in [4.78, 5) is 1.07. The van der Waals surface area contributed by atoms with E-state index in [-0.39, 0.29) is 0 Å². The molecule has 0 atom stereocenters. The first-order valence-electron chi connectivity index (χ1n) is 5.50. The fourth-order valence-electron chi connectivity index (χ4n) is 1.92. The smallest absolute Gasteiger partial charge is 0.154 e. The Hall–Kier alpha value is -1.30. The minimum absolute atomic E-state index is 0.480. The third-order valence-electron chi connectivity index (χ3n) is 2.78. The van der Waals surface area contributed by atoms with Crippen LogP contribution in [0.1, 0.15) is 0 Å². The minimum Gasteiger partial charge on any atom is -0.382 e. The molecule has 0 saturated carbocycles. The van der Waals surface area contributed by atoms with Crippen LogP contribution in [0.5, 0.6) is 0 Å². The molecule has 1 aromatic carbocycles. The summed E-state index contributed by atoms with van der Waals surface area (Å²) in [5, 5.41) is 9.73. The fourth-order valence-corrected chi connectivity index (χ4v) is 3.29. The summed E-state index contributed by atoms with van der Waals surface area (Å²) >= 11 is 11.4. The monoisotopic (exact) mass is 353 g/mol. The van der Waals surface area contributed by atoms with Crippen molar-refractivity contribution in [1.29, 1.82) is 0 Å². The van der Waals surface area contributed by atoms with Gasteiger partial charge in [0.25, 0.3) is 0 Å². The van der Waals surface area contributed by atoms with Crippen molar-refractivity contribution in [1.82, 2.24) is 10.2 Å². The predicted molar refractivity (Wildman–Crippen MR) is 84.5 cm³/mol. The number of aromatic amines is 1. The van der Waals surface area contributed by atoms with Gasteiger partial charge in [0.2, 0.25) is 0 Å². The van der Waals surface area contributed by atoms with E-state index in [1.54, 1.807) is 11.3 Å². The molecule has 0 aliphatic rings. The lowest BCUT2D eigenvalue weighted by Gasteiger charge is -2.06. The van der Waals surface area contributed by atoms with Crippen molar-refractivity contribution in [2.75, 3.05) is 5.73 Å². The predicted octanol–water partition coefficient (Wildman–Crippen LogP) is 4.80. The van der Waals surface area contributed by atoms with E-state index in [2.05, 4.69) is 26.1 Å². The van der Waals surface area contributed by atoms with E-state index < -0.39 is 0 Å². The minimum atomic E-state index is 0.480. The van der Waals surface area contributed by atoms with Gasteiger partial charge in [-0.15, -0.1) is 11.3 Å². The molecule has 19 heavy (non-hydrogen) atoms. The average molecular weight is 355 g/mol. The molecule has 0 bridgehead atoms. The number of aromatic nitrogens is 2. The number of anilines is 1. The molecule has 0 amide bonds. The lowest BCUT2D eigenvalue weighted by atomic mass is 10.1. The maximum atomic E-state index is 6.34. The summed E-state index contributed by atoms with van der Waals surface area (Å²) in [6.07, 6.45) is 0. The summed E-state index contributed by atoms with van der Waals surface area (Å²) < 4.78 is 0.844. The second-order valence-corrected chi connectivity index (χ2v) is 6.12. The summed E-state index contributed by atoms with van der Waals surface area (Å²) in [5.41, 5.74) is 8.58. The summed E-state index contributed by atoms with van der Waals surface area (Å²) in [6, 6.07) is 9.77. The van der Waals surface area contributed by atoms with Crippen molar-refractivity contribution in [2.24, 2.45) is 0 Å². The molecule has 6 heteroatoms. The molecule has 3 nitrogen and oxygen atoms in total. The zero-order valence-electron chi connectivity index (χ0n) is 9.65. The van der Waals surface area contributed by atoms with Crippen molar-refractivity contribution >= 4 is 44.7 Å². The third-order valence-corrected chi connectivity index (χ3v) is 4.97. The third kappa shape index (κ3) is 2.18. The van der Waals surface area contributed by atoms with E-state index in [4.69, 9.17) is 17.3 Å². The van der Waals surface area contributed by atoms with E-state index >= 15 is 0 Å². The van der Waals surface area contributed by atoms with E-state index in [0.29, 0.717) is 10.8 Å². The van der Waals surface area contributed by atoms with Crippen LogP contribution in [-0.2, 0) is 0 Å². The van der Waals surface area contributed by atoms with Crippen LogP contribution >= 0.6 is 38.9 Å². The molecule has 0 fully saturated rings. The van der Waals surface area contributed by atoms with Gasteiger partial charge in [0.1, 0.15) is 0 Å². The van der Waals surface area contributed by atoms with Gasteiger partial charge in [0.15, 0.2) is 5.82 Å². The fraction of sp³-hybridized carbons (Fsp3) is 0. The quantitative estimate of drug-likeness (QED) is 0.694. The number of nitrogens with one attached hydrogen (secondary N) is 1.